The highest BCUT2D eigenvalue weighted by Gasteiger charge is 2.35. The summed E-state index contributed by atoms with van der Waals surface area (Å²) < 4.78 is 0. The summed E-state index contributed by atoms with van der Waals surface area (Å²) in [5.74, 6) is -0.0475. The van der Waals surface area contributed by atoms with Crippen LogP contribution in [-0.4, -0.2) is 57.7 Å². The zero-order chi connectivity index (χ0) is 33.7. The van der Waals surface area contributed by atoms with Gasteiger partial charge in [0.05, 0.1) is 5.56 Å². The van der Waals surface area contributed by atoms with E-state index in [1.54, 1.807) is 0 Å². The predicted molar refractivity (Wildman–Crippen MR) is 192 cm³/mol. The number of rotatable bonds is 12. The average Bonchev–Trinajstić information content (AvgIpc) is 3.00. The van der Waals surface area contributed by atoms with Gasteiger partial charge in [0.2, 0.25) is 0 Å². The Hall–Kier alpha value is -3.96. The predicted octanol–water partition coefficient (Wildman–Crippen LogP) is 9.33. The number of amides is 2. The van der Waals surface area contributed by atoms with E-state index in [9.17, 15) is 9.59 Å². The molecule has 2 amide bonds. The smallest absolute Gasteiger partial charge is 0.255 e. The lowest BCUT2D eigenvalue weighted by molar-refractivity contribution is 0.0629. The average molecular weight is 620 g/mol. The Kier molecular flexibility index (Phi) is 11.4. The summed E-state index contributed by atoms with van der Waals surface area (Å²) in [5.41, 5.74) is 4.62. The minimum Gasteiger partial charge on any atom is -0.334 e. The van der Waals surface area contributed by atoms with Crippen LogP contribution >= 0.6 is 0 Å². The van der Waals surface area contributed by atoms with E-state index in [-0.39, 0.29) is 47.9 Å². The SMILES string of the molecule is CC(C)N(C(=O)c1ccccc1[C@H]([C@@H](C)c1ccc2ccccc2c1C(=O)N(C(C)C)C(C)C)N(C)Cc1ccccc1)C(C)C. The van der Waals surface area contributed by atoms with Crippen LogP contribution in [-0.2, 0) is 6.54 Å². The van der Waals surface area contributed by atoms with Gasteiger partial charge >= 0.3 is 0 Å². The summed E-state index contributed by atoms with van der Waals surface area (Å²) in [6, 6.07) is 31.0. The minimum absolute atomic E-state index is 0.0338. The van der Waals surface area contributed by atoms with Gasteiger partial charge in [-0.2, -0.15) is 0 Å². The Morgan fingerprint density at radius 2 is 1.09 bits per heavy atom. The number of hydrogen-bond acceptors (Lipinski definition) is 3. The molecule has 0 unspecified atom stereocenters. The third-order valence-corrected chi connectivity index (χ3v) is 9.09. The molecular weight excluding hydrogens is 566 g/mol. The quantitative estimate of drug-likeness (QED) is 0.159. The number of fused-ring (bicyclic) bond motifs is 1. The van der Waals surface area contributed by atoms with Gasteiger partial charge in [-0.25, -0.2) is 0 Å². The number of hydrogen-bond donors (Lipinski definition) is 0. The molecule has 0 N–H and O–H groups in total. The van der Waals surface area contributed by atoms with Crippen LogP contribution in [0.5, 0.6) is 0 Å². The fraction of sp³-hybridized carbons (Fsp3) is 0.415. The normalized spacial score (nSPS) is 13.2. The molecule has 0 aromatic heterocycles. The van der Waals surface area contributed by atoms with Crippen molar-refractivity contribution in [3.63, 3.8) is 0 Å². The van der Waals surface area contributed by atoms with Crippen LogP contribution < -0.4 is 0 Å². The minimum atomic E-state index is -0.194. The van der Waals surface area contributed by atoms with Gasteiger partial charge < -0.3 is 9.80 Å². The molecule has 0 aliphatic rings. The molecule has 5 nitrogen and oxygen atoms in total. The standard InChI is InChI=1S/C41H53N3O2/c1-27(2)43(28(3)4)40(45)37-23-17-16-22-36(37)39(42(10)26-32-18-12-11-13-19-32)31(9)34-25-24-33-20-14-15-21-35(33)38(34)41(46)44(29(5)6)30(7)8/h11-25,27-31,39H,26H2,1-10H3/t31-,39-/m0/s1. The lowest BCUT2D eigenvalue weighted by atomic mass is 9.81. The molecule has 0 spiro atoms. The topological polar surface area (TPSA) is 43.9 Å². The van der Waals surface area contributed by atoms with Gasteiger partial charge in [0.25, 0.3) is 11.8 Å². The third-order valence-electron chi connectivity index (χ3n) is 9.09. The van der Waals surface area contributed by atoms with Crippen LogP contribution in [0.15, 0.2) is 91.0 Å². The summed E-state index contributed by atoms with van der Waals surface area (Å²) in [7, 11) is 2.13. The van der Waals surface area contributed by atoms with Crippen molar-refractivity contribution >= 4 is 22.6 Å². The van der Waals surface area contributed by atoms with E-state index in [0.717, 1.165) is 27.5 Å². The van der Waals surface area contributed by atoms with Crippen molar-refractivity contribution in [1.82, 2.24) is 14.7 Å². The fourth-order valence-electron chi connectivity index (χ4n) is 7.28. The second-order valence-corrected chi connectivity index (χ2v) is 13.8. The van der Waals surface area contributed by atoms with E-state index in [1.807, 2.05) is 46.2 Å². The Labute approximate surface area is 277 Å². The van der Waals surface area contributed by atoms with E-state index in [4.69, 9.17) is 0 Å². The molecule has 244 valence electrons. The zero-order valence-electron chi connectivity index (χ0n) is 29.5. The van der Waals surface area contributed by atoms with Crippen LogP contribution in [0, 0.1) is 0 Å². The first kappa shape index (κ1) is 34.9. The summed E-state index contributed by atoms with van der Waals surface area (Å²) in [4.78, 5) is 35.3. The molecule has 4 rings (SSSR count). The van der Waals surface area contributed by atoms with Gasteiger partial charge in [-0.15, -0.1) is 0 Å². The first-order valence-electron chi connectivity index (χ1n) is 16.8. The van der Waals surface area contributed by atoms with Gasteiger partial charge in [0.15, 0.2) is 0 Å². The van der Waals surface area contributed by atoms with Crippen LogP contribution in [0.1, 0.15) is 112 Å². The molecule has 0 saturated carbocycles. The summed E-state index contributed by atoms with van der Waals surface area (Å²) in [6.07, 6.45) is 0. The highest BCUT2D eigenvalue weighted by Crippen LogP contribution is 2.41. The molecule has 0 aliphatic heterocycles. The van der Waals surface area contributed by atoms with Crippen molar-refractivity contribution in [2.24, 2.45) is 0 Å². The molecular formula is C41H53N3O2. The fourth-order valence-corrected chi connectivity index (χ4v) is 7.28. The van der Waals surface area contributed by atoms with Gasteiger partial charge in [0.1, 0.15) is 0 Å². The lowest BCUT2D eigenvalue weighted by Crippen LogP contribution is -2.43. The Bertz CT molecular complexity index is 1610. The van der Waals surface area contributed by atoms with Crippen molar-refractivity contribution in [3.8, 4) is 0 Å². The maximum Gasteiger partial charge on any atom is 0.255 e. The van der Waals surface area contributed by atoms with E-state index < -0.39 is 0 Å². The molecule has 4 aromatic rings. The maximum absolute atomic E-state index is 14.7. The Balaban J connectivity index is 1.97. The van der Waals surface area contributed by atoms with E-state index in [1.165, 1.54) is 5.56 Å². The van der Waals surface area contributed by atoms with E-state index in [2.05, 4.69) is 129 Å². The number of carbonyl (C=O) groups excluding carboxylic acids is 2. The van der Waals surface area contributed by atoms with Gasteiger partial charge in [0, 0.05) is 48.2 Å². The summed E-state index contributed by atoms with van der Waals surface area (Å²) in [5, 5.41) is 2.01. The number of benzene rings is 4. The molecule has 0 radical (unpaired) electrons. The zero-order valence-corrected chi connectivity index (χ0v) is 29.5. The van der Waals surface area contributed by atoms with Crippen LogP contribution in [0.4, 0.5) is 0 Å². The molecule has 0 fully saturated rings. The van der Waals surface area contributed by atoms with E-state index in [0.29, 0.717) is 12.1 Å². The third kappa shape index (κ3) is 7.36. The van der Waals surface area contributed by atoms with Crippen LogP contribution in [0.3, 0.4) is 0 Å². The molecule has 0 saturated heterocycles. The lowest BCUT2D eigenvalue weighted by Gasteiger charge is -2.38. The van der Waals surface area contributed by atoms with Gasteiger partial charge in [-0.3, -0.25) is 14.5 Å². The van der Waals surface area contributed by atoms with E-state index >= 15 is 0 Å². The van der Waals surface area contributed by atoms with Crippen molar-refractivity contribution in [3.05, 3.63) is 119 Å². The monoisotopic (exact) mass is 619 g/mol. The molecule has 4 aromatic carbocycles. The molecule has 0 heterocycles. The highest BCUT2D eigenvalue weighted by atomic mass is 16.2. The van der Waals surface area contributed by atoms with Gasteiger partial charge in [-0.1, -0.05) is 91.9 Å². The first-order chi connectivity index (χ1) is 21.8. The van der Waals surface area contributed by atoms with Crippen molar-refractivity contribution < 1.29 is 9.59 Å². The number of likely N-dealkylation sites (N-methyl/N-ethyl adjacent to an activating group) is 1. The Morgan fingerprint density at radius 1 is 0.565 bits per heavy atom. The van der Waals surface area contributed by atoms with Gasteiger partial charge in [-0.05, 0) is 96.0 Å². The second kappa shape index (κ2) is 15.1. The van der Waals surface area contributed by atoms with Crippen LogP contribution in [0.25, 0.3) is 10.8 Å². The van der Waals surface area contributed by atoms with Crippen molar-refractivity contribution in [1.29, 1.82) is 0 Å². The Morgan fingerprint density at radius 3 is 1.70 bits per heavy atom. The molecule has 46 heavy (non-hydrogen) atoms. The maximum atomic E-state index is 14.7. The molecule has 0 bridgehead atoms. The first-order valence-corrected chi connectivity index (χ1v) is 16.8. The van der Waals surface area contributed by atoms with Crippen LogP contribution in [0.2, 0.25) is 0 Å². The number of carbonyl (C=O) groups is 2. The summed E-state index contributed by atoms with van der Waals surface area (Å²) >= 11 is 0. The molecule has 5 heteroatoms. The number of nitrogens with zero attached hydrogens (tertiary/aromatic N) is 3. The second-order valence-electron chi connectivity index (χ2n) is 13.8. The summed E-state index contributed by atoms with van der Waals surface area (Å²) in [6.45, 7) is 19.5. The largest absolute Gasteiger partial charge is 0.334 e. The molecule has 0 aliphatic carbocycles. The van der Waals surface area contributed by atoms with Crippen molar-refractivity contribution in [2.45, 2.75) is 105 Å². The molecule has 2 atom stereocenters. The highest BCUT2D eigenvalue weighted by molar-refractivity contribution is 6.08. The van der Waals surface area contributed by atoms with Crippen molar-refractivity contribution in [2.75, 3.05) is 7.05 Å².